The van der Waals surface area contributed by atoms with Crippen LogP contribution in [0.25, 0.3) is 22.4 Å². The number of amides is 1. The number of hydrogen-bond acceptors (Lipinski definition) is 7. The van der Waals surface area contributed by atoms with Crippen LogP contribution in [0, 0.1) is 5.82 Å². The van der Waals surface area contributed by atoms with E-state index in [1.807, 2.05) is 19.2 Å². The smallest absolute Gasteiger partial charge is 0.274 e. The number of nitrogens with one attached hydrogen (secondary N) is 2. The van der Waals surface area contributed by atoms with Crippen molar-refractivity contribution in [2.45, 2.75) is 38.3 Å². The fourth-order valence-corrected chi connectivity index (χ4v) is 5.69. The number of hydrogen-bond donors (Lipinski definition) is 2. The summed E-state index contributed by atoms with van der Waals surface area (Å²) in [7, 11) is 3.49. The number of carbonyl (C=O) groups is 1. The van der Waals surface area contributed by atoms with Crippen LogP contribution < -0.4 is 20.3 Å². The standard InChI is InChI=1S/C28H30FN7O2/c1-15(2)27-34-24-21(35(27)3)9-8-19(25(24)36-14-16-12-17(36)13-31-16)33-28(37)20-10-11-30-26(32-20)23-18(29)6-5-7-22(23)38-4/h5-11,15-17,31H,12-14H2,1-4H3,(H,33,37)/t16-,17-/m0/s1. The summed E-state index contributed by atoms with van der Waals surface area (Å²) >= 11 is 0. The second-order valence-electron chi connectivity index (χ2n) is 10.2. The molecule has 2 fully saturated rings. The lowest BCUT2D eigenvalue weighted by Gasteiger charge is -2.31. The second kappa shape index (κ2) is 9.36. The number of imidazole rings is 1. The van der Waals surface area contributed by atoms with Crippen LogP contribution in [0.3, 0.4) is 0 Å². The van der Waals surface area contributed by atoms with Gasteiger partial charge in [0.25, 0.3) is 5.91 Å². The average Bonchev–Trinajstić information content (AvgIpc) is 3.63. The molecule has 2 saturated heterocycles. The number of fused-ring (bicyclic) bond motifs is 3. The monoisotopic (exact) mass is 515 g/mol. The Hall–Kier alpha value is -4.05. The Morgan fingerprint density at radius 2 is 2.05 bits per heavy atom. The number of ether oxygens (including phenoxy) is 1. The molecule has 9 nitrogen and oxygen atoms in total. The van der Waals surface area contributed by atoms with Gasteiger partial charge in [-0.3, -0.25) is 4.79 Å². The Bertz CT molecular complexity index is 1550. The van der Waals surface area contributed by atoms with E-state index in [4.69, 9.17) is 9.72 Å². The topological polar surface area (TPSA) is 97.2 Å². The maximum absolute atomic E-state index is 14.7. The van der Waals surface area contributed by atoms with E-state index in [9.17, 15) is 9.18 Å². The lowest BCUT2D eigenvalue weighted by atomic mass is 10.1. The van der Waals surface area contributed by atoms with Gasteiger partial charge in [0.2, 0.25) is 0 Å². The number of piperazine rings is 1. The van der Waals surface area contributed by atoms with E-state index in [1.54, 1.807) is 12.1 Å². The number of carbonyl (C=O) groups excluding carboxylic acids is 1. The number of aromatic nitrogens is 4. The quantitative estimate of drug-likeness (QED) is 0.399. The van der Waals surface area contributed by atoms with Gasteiger partial charge in [0.1, 0.15) is 28.6 Å². The van der Waals surface area contributed by atoms with Gasteiger partial charge >= 0.3 is 0 Å². The number of rotatable bonds is 6. The predicted octanol–water partition coefficient (Wildman–Crippen LogP) is 4.10. The van der Waals surface area contributed by atoms with Crippen molar-refractivity contribution >= 4 is 28.3 Å². The van der Waals surface area contributed by atoms with Gasteiger partial charge in [-0.2, -0.15) is 0 Å². The summed E-state index contributed by atoms with van der Waals surface area (Å²) in [5, 5.41) is 6.62. The van der Waals surface area contributed by atoms with Crippen LogP contribution in [-0.4, -0.2) is 57.7 Å². The lowest BCUT2D eigenvalue weighted by Crippen LogP contribution is -2.44. The largest absolute Gasteiger partial charge is 0.496 e. The van der Waals surface area contributed by atoms with Gasteiger partial charge in [0.05, 0.1) is 29.6 Å². The number of aryl methyl sites for hydroxylation is 1. The van der Waals surface area contributed by atoms with E-state index < -0.39 is 11.7 Å². The predicted molar refractivity (Wildman–Crippen MR) is 144 cm³/mol. The van der Waals surface area contributed by atoms with Crippen molar-refractivity contribution in [2.24, 2.45) is 7.05 Å². The molecule has 2 N–H and O–H groups in total. The Kier molecular flexibility index (Phi) is 5.98. The summed E-state index contributed by atoms with van der Waals surface area (Å²) in [4.78, 5) is 29.5. The Balaban J connectivity index is 1.40. The fraction of sp³-hybridized carbons (Fsp3) is 0.357. The molecule has 2 aromatic heterocycles. The Morgan fingerprint density at radius 3 is 2.76 bits per heavy atom. The molecule has 0 spiro atoms. The summed E-state index contributed by atoms with van der Waals surface area (Å²) in [6.07, 6.45) is 2.51. The minimum Gasteiger partial charge on any atom is -0.496 e. The van der Waals surface area contributed by atoms with Crippen LogP contribution in [0.15, 0.2) is 42.6 Å². The maximum Gasteiger partial charge on any atom is 0.274 e. The van der Waals surface area contributed by atoms with E-state index in [0.717, 1.165) is 42.1 Å². The number of nitrogens with zero attached hydrogens (tertiary/aromatic N) is 5. The minimum atomic E-state index is -0.525. The first-order valence-corrected chi connectivity index (χ1v) is 12.8. The number of halogens is 1. The molecule has 2 atom stereocenters. The minimum absolute atomic E-state index is 0.0810. The average molecular weight is 516 g/mol. The van der Waals surface area contributed by atoms with E-state index in [0.29, 0.717) is 23.5 Å². The molecule has 2 aliphatic heterocycles. The zero-order chi connectivity index (χ0) is 26.6. The van der Waals surface area contributed by atoms with Gasteiger partial charge in [-0.25, -0.2) is 19.3 Å². The molecule has 4 heterocycles. The van der Waals surface area contributed by atoms with Crippen LogP contribution in [0.2, 0.25) is 0 Å². The molecule has 4 aromatic rings. The molecule has 1 amide bonds. The molecule has 10 heteroatoms. The van der Waals surface area contributed by atoms with Crippen molar-refractivity contribution in [1.29, 1.82) is 0 Å². The van der Waals surface area contributed by atoms with Crippen molar-refractivity contribution in [3.63, 3.8) is 0 Å². The summed E-state index contributed by atoms with van der Waals surface area (Å²) in [5.41, 5.74) is 3.74. The molecule has 38 heavy (non-hydrogen) atoms. The second-order valence-corrected chi connectivity index (χ2v) is 10.2. The summed E-state index contributed by atoms with van der Waals surface area (Å²) in [6.45, 7) is 6.01. The molecule has 0 saturated carbocycles. The number of methoxy groups -OCH3 is 1. The van der Waals surface area contributed by atoms with Crippen LogP contribution >= 0.6 is 0 Å². The van der Waals surface area contributed by atoms with Gasteiger partial charge in [-0.1, -0.05) is 19.9 Å². The maximum atomic E-state index is 14.7. The highest BCUT2D eigenvalue weighted by molar-refractivity contribution is 6.08. The van der Waals surface area contributed by atoms with Gasteiger partial charge in [0, 0.05) is 44.3 Å². The molecule has 0 unspecified atom stereocenters. The van der Waals surface area contributed by atoms with Crippen molar-refractivity contribution in [3.8, 4) is 17.1 Å². The highest BCUT2D eigenvalue weighted by atomic mass is 19.1. The molecule has 0 aliphatic carbocycles. The highest BCUT2D eigenvalue weighted by Crippen LogP contribution is 2.41. The normalized spacial score (nSPS) is 18.5. The third kappa shape index (κ3) is 3.96. The first kappa shape index (κ1) is 24.3. The first-order chi connectivity index (χ1) is 18.4. The van der Waals surface area contributed by atoms with E-state index in [2.05, 4.69) is 43.9 Å². The molecule has 6 rings (SSSR count). The SMILES string of the molecule is COc1cccc(F)c1-c1nccc(C(=O)Nc2ccc3c(nc(C(C)C)n3C)c2N2C[C@@H]3C[C@H]2CN3)n1. The van der Waals surface area contributed by atoms with Gasteiger partial charge in [-0.05, 0) is 36.8 Å². The van der Waals surface area contributed by atoms with Crippen LogP contribution in [0.5, 0.6) is 5.75 Å². The molecule has 2 bridgehead atoms. The zero-order valence-electron chi connectivity index (χ0n) is 21.8. The van der Waals surface area contributed by atoms with Crippen molar-refractivity contribution in [1.82, 2.24) is 24.8 Å². The van der Waals surface area contributed by atoms with Gasteiger partial charge in [-0.15, -0.1) is 0 Å². The van der Waals surface area contributed by atoms with Gasteiger partial charge < -0.3 is 24.8 Å². The van der Waals surface area contributed by atoms with Crippen LogP contribution in [0.4, 0.5) is 15.8 Å². The van der Waals surface area contributed by atoms with Crippen LogP contribution in [0.1, 0.15) is 42.5 Å². The highest BCUT2D eigenvalue weighted by Gasteiger charge is 2.40. The lowest BCUT2D eigenvalue weighted by molar-refractivity contribution is 0.102. The first-order valence-electron chi connectivity index (χ1n) is 12.8. The summed E-state index contributed by atoms with van der Waals surface area (Å²) in [6, 6.07) is 10.7. The summed E-state index contributed by atoms with van der Waals surface area (Å²) in [5.74, 6) is 0.688. The fourth-order valence-electron chi connectivity index (χ4n) is 5.69. The number of anilines is 2. The van der Waals surface area contributed by atoms with Crippen molar-refractivity contribution < 1.29 is 13.9 Å². The zero-order valence-corrected chi connectivity index (χ0v) is 21.8. The molecule has 196 valence electrons. The van der Waals surface area contributed by atoms with Gasteiger partial charge in [0.15, 0.2) is 5.82 Å². The molecular weight excluding hydrogens is 485 g/mol. The molecule has 2 aliphatic rings. The number of benzene rings is 2. The third-order valence-electron chi connectivity index (χ3n) is 7.48. The Labute approximate surface area is 220 Å². The Morgan fingerprint density at radius 1 is 1.21 bits per heavy atom. The van der Waals surface area contributed by atoms with E-state index in [1.165, 1.54) is 25.4 Å². The molecular formula is C28H30FN7O2. The third-order valence-corrected chi connectivity index (χ3v) is 7.48. The van der Waals surface area contributed by atoms with Crippen molar-refractivity contribution in [2.75, 3.05) is 30.4 Å². The van der Waals surface area contributed by atoms with E-state index >= 15 is 0 Å². The summed E-state index contributed by atoms with van der Waals surface area (Å²) < 4.78 is 22.1. The molecule has 0 radical (unpaired) electrons. The molecule has 2 aromatic carbocycles. The van der Waals surface area contributed by atoms with Crippen molar-refractivity contribution in [3.05, 3.63) is 59.9 Å². The van der Waals surface area contributed by atoms with Crippen LogP contribution in [-0.2, 0) is 7.05 Å². The van der Waals surface area contributed by atoms with E-state index in [-0.39, 0.29) is 23.0 Å².